The summed E-state index contributed by atoms with van der Waals surface area (Å²) in [5.74, 6) is 1.97. The molecule has 0 saturated heterocycles. The lowest BCUT2D eigenvalue weighted by atomic mass is 9.89. The largest absolute Gasteiger partial charge is 0.508 e. The standard InChI is InChI=1S/C19H23NO5/c1-23-17-7-11(8-18(24-2)19(17)25-3)6-15-14-9-12(21)10-16(22)13(14)4-5-20-15/h7-10,15,20-22H,4-6H2,1-3H3/t15-/m0/s1. The smallest absolute Gasteiger partial charge is 0.203 e. The van der Waals surface area contributed by atoms with Crippen LogP contribution in [-0.2, 0) is 12.8 Å². The van der Waals surface area contributed by atoms with Crippen LogP contribution >= 0.6 is 0 Å². The molecule has 1 aliphatic heterocycles. The van der Waals surface area contributed by atoms with Gasteiger partial charge in [0.15, 0.2) is 11.5 Å². The second-order valence-electron chi connectivity index (χ2n) is 6.03. The average molecular weight is 345 g/mol. The third-order valence-corrected chi connectivity index (χ3v) is 4.55. The molecule has 0 fully saturated rings. The van der Waals surface area contributed by atoms with E-state index in [4.69, 9.17) is 14.2 Å². The van der Waals surface area contributed by atoms with E-state index in [9.17, 15) is 10.2 Å². The number of methoxy groups -OCH3 is 3. The highest BCUT2D eigenvalue weighted by Gasteiger charge is 2.24. The maximum absolute atomic E-state index is 10.1. The van der Waals surface area contributed by atoms with E-state index >= 15 is 0 Å². The summed E-state index contributed by atoms with van der Waals surface area (Å²) in [6, 6.07) is 6.91. The third kappa shape index (κ3) is 3.30. The molecule has 0 radical (unpaired) electrons. The zero-order valence-electron chi connectivity index (χ0n) is 14.6. The second kappa shape index (κ2) is 7.11. The molecule has 0 aliphatic carbocycles. The van der Waals surface area contributed by atoms with Crippen LogP contribution in [0, 0.1) is 0 Å². The van der Waals surface area contributed by atoms with Crippen LogP contribution in [0.25, 0.3) is 0 Å². The molecule has 6 heteroatoms. The molecule has 25 heavy (non-hydrogen) atoms. The first-order valence-electron chi connectivity index (χ1n) is 8.14. The van der Waals surface area contributed by atoms with Crippen molar-refractivity contribution in [1.82, 2.24) is 5.32 Å². The topological polar surface area (TPSA) is 80.2 Å². The number of hydrogen-bond acceptors (Lipinski definition) is 6. The van der Waals surface area contributed by atoms with Gasteiger partial charge in [0.1, 0.15) is 11.5 Å². The van der Waals surface area contributed by atoms with Gasteiger partial charge in [0.2, 0.25) is 5.75 Å². The van der Waals surface area contributed by atoms with Gasteiger partial charge in [0, 0.05) is 17.7 Å². The zero-order chi connectivity index (χ0) is 18.0. The number of ether oxygens (including phenoxy) is 3. The summed E-state index contributed by atoms with van der Waals surface area (Å²) in [4.78, 5) is 0. The molecule has 3 N–H and O–H groups in total. The first-order valence-corrected chi connectivity index (χ1v) is 8.14. The molecule has 134 valence electrons. The lowest BCUT2D eigenvalue weighted by molar-refractivity contribution is 0.323. The quantitative estimate of drug-likeness (QED) is 0.773. The fourth-order valence-electron chi connectivity index (χ4n) is 3.40. The van der Waals surface area contributed by atoms with Gasteiger partial charge in [-0.25, -0.2) is 0 Å². The molecule has 6 nitrogen and oxygen atoms in total. The molecule has 1 heterocycles. The Morgan fingerprint density at radius 3 is 2.28 bits per heavy atom. The SMILES string of the molecule is COc1cc(C[C@@H]2NCCc3c(O)cc(O)cc32)cc(OC)c1OC. The summed E-state index contributed by atoms with van der Waals surface area (Å²) >= 11 is 0. The summed E-state index contributed by atoms with van der Waals surface area (Å²) in [6.07, 6.45) is 1.39. The Labute approximate surface area is 147 Å². The van der Waals surface area contributed by atoms with Crippen LogP contribution < -0.4 is 19.5 Å². The summed E-state index contributed by atoms with van der Waals surface area (Å²) < 4.78 is 16.2. The van der Waals surface area contributed by atoms with Gasteiger partial charge < -0.3 is 29.7 Å². The summed E-state index contributed by atoms with van der Waals surface area (Å²) in [5, 5.41) is 23.4. The summed E-state index contributed by atoms with van der Waals surface area (Å²) in [5.41, 5.74) is 2.80. The van der Waals surface area contributed by atoms with Crippen LogP contribution in [0.1, 0.15) is 22.7 Å². The molecule has 0 aromatic heterocycles. The molecule has 0 spiro atoms. The summed E-state index contributed by atoms with van der Waals surface area (Å²) in [7, 11) is 4.75. The number of fused-ring (bicyclic) bond motifs is 1. The Morgan fingerprint density at radius 1 is 1.00 bits per heavy atom. The highest BCUT2D eigenvalue weighted by atomic mass is 16.5. The molecular weight excluding hydrogens is 322 g/mol. The second-order valence-corrected chi connectivity index (χ2v) is 6.03. The minimum atomic E-state index is -0.0236. The molecule has 1 aliphatic rings. The van der Waals surface area contributed by atoms with Gasteiger partial charge in [-0.3, -0.25) is 0 Å². The Morgan fingerprint density at radius 2 is 1.68 bits per heavy atom. The molecular formula is C19H23NO5. The van der Waals surface area contributed by atoms with Crippen LogP contribution in [0.2, 0.25) is 0 Å². The highest BCUT2D eigenvalue weighted by molar-refractivity contribution is 5.54. The van der Waals surface area contributed by atoms with E-state index < -0.39 is 0 Å². The summed E-state index contributed by atoms with van der Waals surface area (Å²) in [6.45, 7) is 0.764. The van der Waals surface area contributed by atoms with E-state index in [-0.39, 0.29) is 17.5 Å². The maximum Gasteiger partial charge on any atom is 0.203 e. The normalized spacial score (nSPS) is 16.2. The van der Waals surface area contributed by atoms with E-state index in [0.29, 0.717) is 23.7 Å². The minimum Gasteiger partial charge on any atom is -0.508 e. The van der Waals surface area contributed by atoms with Crippen molar-refractivity contribution < 1.29 is 24.4 Å². The molecule has 2 aromatic carbocycles. The van der Waals surface area contributed by atoms with Gasteiger partial charge >= 0.3 is 0 Å². The lowest BCUT2D eigenvalue weighted by Crippen LogP contribution is -2.31. The first-order chi connectivity index (χ1) is 12.1. The Bertz CT molecular complexity index is 750. The van der Waals surface area contributed by atoms with Crippen molar-refractivity contribution in [2.45, 2.75) is 18.9 Å². The van der Waals surface area contributed by atoms with Gasteiger partial charge in [0.25, 0.3) is 0 Å². The molecule has 0 amide bonds. The molecule has 3 rings (SSSR count). The number of hydrogen-bond donors (Lipinski definition) is 3. The monoisotopic (exact) mass is 345 g/mol. The lowest BCUT2D eigenvalue weighted by Gasteiger charge is -2.28. The van der Waals surface area contributed by atoms with E-state index in [2.05, 4.69) is 5.32 Å². The van der Waals surface area contributed by atoms with Crippen molar-refractivity contribution >= 4 is 0 Å². The molecule has 0 unspecified atom stereocenters. The van der Waals surface area contributed by atoms with Crippen molar-refractivity contribution in [1.29, 1.82) is 0 Å². The molecule has 0 bridgehead atoms. The fraction of sp³-hybridized carbons (Fsp3) is 0.368. The van der Waals surface area contributed by atoms with Gasteiger partial charge in [-0.05, 0) is 48.7 Å². The molecule has 2 aromatic rings. The first kappa shape index (κ1) is 17.2. The molecule has 0 saturated carbocycles. The number of rotatable bonds is 5. The van der Waals surface area contributed by atoms with Gasteiger partial charge in [-0.2, -0.15) is 0 Å². The predicted molar refractivity (Wildman–Crippen MR) is 94.0 cm³/mol. The fourth-order valence-corrected chi connectivity index (χ4v) is 3.40. The Balaban J connectivity index is 1.97. The number of benzene rings is 2. The average Bonchev–Trinajstić information content (AvgIpc) is 2.61. The van der Waals surface area contributed by atoms with Crippen LogP contribution in [0.4, 0.5) is 0 Å². The molecule has 1 atom stereocenters. The number of phenols is 2. The van der Waals surface area contributed by atoms with Crippen LogP contribution in [0.15, 0.2) is 24.3 Å². The zero-order valence-corrected chi connectivity index (χ0v) is 14.6. The Hall–Kier alpha value is -2.60. The highest BCUT2D eigenvalue weighted by Crippen LogP contribution is 2.40. The van der Waals surface area contributed by atoms with Crippen LogP contribution in [0.3, 0.4) is 0 Å². The van der Waals surface area contributed by atoms with Crippen LogP contribution in [-0.4, -0.2) is 38.1 Å². The van der Waals surface area contributed by atoms with Crippen LogP contribution in [0.5, 0.6) is 28.7 Å². The van der Waals surface area contributed by atoms with E-state index in [0.717, 1.165) is 29.7 Å². The van der Waals surface area contributed by atoms with E-state index in [1.165, 1.54) is 6.07 Å². The van der Waals surface area contributed by atoms with Gasteiger partial charge in [-0.1, -0.05) is 0 Å². The Kier molecular flexibility index (Phi) is 4.90. The van der Waals surface area contributed by atoms with Crippen molar-refractivity contribution in [3.8, 4) is 28.7 Å². The third-order valence-electron chi connectivity index (χ3n) is 4.55. The van der Waals surface area contributed by atoms with Gasteiger partial charge in [-0.15, -0.1) is 0 Å². The predicted octanol–water partition coefficient (Wildman–Crippen LogP) is 2.55. The maximum atomic E-state index is 10.1. The number of nitrogens with one attached hydrogen (secondary N) is 1. The minimum absolute atomic E-state index is 0.0236. The van der Waals surface area contributed by atoms with Crippen molar-refractivity contribution in [2.24, 2.45) is 0 Å². The number of phenolic OH excluding ortho intramolecular Hbond substituents is 2. The van der Waals surface area contributed by atoms with Crippen molar-refractivity contribution in [2.75, 3.05) is 27.9 Å². The van der Waals surface area contributed by atoms with Gasteiger partial charge in [0.05, 0.1) is 21.3 Å². The number of aromatic hydroxyl groups is 2. The van der Waals surface area contributed by atoms with E-state index in [1.54, 1.807) is 27.4 Å². The van der Waals surface area contributed by atoms with Crippen molar-refractivity contribution in [3.63, 3.8) is 0 Å². The van der Waals surface area contributed by atoms with E-state index in [1.807, 2.05) is 12.1 Å². The van der Waals surface area contributed by atoms with Crippen molar-refractivity contribution in [3.05, 3.63) is 41.0 Å².